The lowest BCUT2D eigenvalue weighted by molar-refractivity contribution is 0.158. The zero-order chi connectivity index (χ0) is 22.7. The number of carbonyl (C=O) groups excluding carboxylic acids is 1. The summed E-state index contributed by atoms with van der Waals surface area (Å²) in [5, 5.41) is 7.31. The summed E-state index contributed by atoms with van der Waals surface area (Å²) in [6, 6.07) is 15.5. The van der Waals surface area contributed by atoms with Crippen LogP contribution in [0, 0.1) is 6.92 Å². The average molecular weight is 451 g/mol. The van der Waals surface area contributed by atoms with Gasteiger partial charge in [-0.3, -0.25) is 4.90 Å². The molecule has 2 aromatic carbocycles. The highest BCUT2D eigenvalue weighted by molar-refractivity contribution is 7.98. The van der Waals surface area contributed by atoms with Gasteiger partial charge in [-0.2, -0.15) is 4.98 Å². The molecule has 0 fully saturated rings. The summed E-state index contributed by atoms with van der Waals surface area (Å²) >= 11 is 1.67. The molecule has 2 heterocycles. The second kappa shape index (κ2) is 9.58. The van der Waals surface area contributed by atoms with E-state index in [1.807, 2.05) is 68.6 Å². The van der Waals surface area contributed by atoms with Gasteiger partial charge in [-0.25, -0.2) is 4.79 Å². The van der Waals surface area contributed by atoms with E-state index in [1.54, 1.807) is 23.8 Å². The van der Waals surface area contributed by atoms with Crippen molar-refractivity contribution in [2.24, 2.45) is 0 Å². The standard InChI is InChI=1S/C24H26N4O3S/c1-15-5-7-18(8-6-15)22-26-23(31-27-22)20-16(2)28(13-14-30-3)24(29)25-21(20)17-9-11-19(32-4)12-10-17/h5-12,21H,13-14H2,1-4H3,(H,25,29). The molecule has 1 N–H and O–H groups in total. The predicted molar refractivity (Wildman–Crippen MR) is 125 cm³/mol. The van der Waals surface area contributed by atoms with Crippen LogP contribution in [0.5, 0.6) is 0 Å². The van der Waals surface area contributed by atoms with Crippen LogP contribution in [-0.4, -0.2) is 47.6 Å². The first-order valence-corrected chi connectivity index (χ1v) is 11.6. The third kappa shape index (κ3) is 4.42. The summed E-state index contributed by atoms with van der Waals surface area (Å²) in [5.41, 5.74) is 4.54. The molecule has 1 aliphatic heterocycles. The Labute approximate surface area is 191 Å². The van der Waals surface area contributed by atoms with E-state index >= 15 is 0 Å². The number of aryl methyl sites for hydroxylation is 1. The largest absolute Gasteiger partial charge is 0.383 e. The molecule has 1 aliphatic rings. The van der Waals surface area contributed by atoms with E-state index < -0.39 is 6.04 Å². The third-order valence-corrected chi connectivity index (χ3v) is 6.27. The monoisotopic (exact) mass is 450 g/mol. The number of nitrogens with zero attached hydrogens (tertiary/aromatic N) is 3. The van der Waals surface area contributed by atoms with Crippen LogP contribution in [0.3, 0.4) is 0 Å². The number of amides is 2. The third-order valence-electron chi connectivity index (χ3n) is 5.53. The number of benzene rings is 2. The van der Waals surface area contributed by atoms with Crippen molar-refractivity contribution in [1.82, 2.24) is 20.4 Å². The Balaban J connectivity index is 1.77. The molecule has 0 saturated carbocycles. The van der Waals surface area contributed by atoms with Gasteiger partial charge in [0, 0.05) is 23.3 Å². The molecule has 2 amide bonds. The highest BCUT2D eigenvalue weighted by atomic mass is 32.2. The molecule has 1 unspecified atom stereocenters. The van der Waals surface area contributed by atoms with E-state index in [0.29, 0.717) is 24.9 Å². The first kappa shape index (κ1) is 22.1. The van der Waals surface area contributed by atoms with Crippen LogP contribution in [0.15, 0.2) is 63.6 Å². The van der Waals surface area contributed by atoms with Crippen LogP contribution in [0.1, 0.15) is 30.0 Å². The first-order chi connectivity index (χ1) is 15.5. The molecule has 1 aromatic heterocycles. The lowest BCUT2D eigenvalue weighted by Crippen LogP contribution is -2.47. The molecular formula is C24H26N4O3S. The predicted octanol–water partition coefficient (Wildman–Crippen LogP) is 4.91. The number of methoxy groups -OCH3 is 1. The Hall–Kier alpha value is -3.10. The maximum Gasteiger partial charge on any atom is 0.322 e. The minimum absolute atomic E-state index is 0.180. The zero-order valence-electron chi connectivity index (χ0n) is 18.6. The van der Waals surface area contributed by atoms with E-state index in [2.05, 4.69) is 15.5 Å². The quantitative estimate of drug-likeness (QED) is 0.515. The number of aromatic nitrogens is 2. The summed E-state index contributed by atoms with van der Waals surface area (Å²) in [6.45, 7) is 4.78. The number of thioether (sulfide) groups is 1. The van der Waals surface area contributed by atoms with Gasteiger partial charge in [0.1, 0.15) is 0 Å². The lowest BCUT2D eigenvalue weighted by Gasteiger charge is -2.35. The van der Waals surface area contributed by atoms with E-state index in [4.69, 9.17) is 9.26 Å². The van der Waals surface area contributed by atoms with Gasteiger partial charge >= 0.3 is 6.03 Å². The minimum atomic E-state index is -0.400. The molecular weight excluding hydrogens is 424 g/mol. The summed E-state index contributed by atoms with van der Waals surface area (Å²) in [4.78, 5) is 20.4. The fraction of sp³-hybridized carbons (Fsp3) is 0.292. The molecule has 3 aromatic rings. The minimum Gasteiger partial charge on any atom is -0.383 e. The van der Waals surface area contributed by atoms with Crippen LogP contribution in [0.2, 0.25) is 0 Å². The molecule has 7 nitrogen and oxygen atoms in total. The van der Waals surface area contributed by atoms with E-state index in [9.17, 15) is 4.79 Å². The van der Waals surface area contributed by atoms with Gasteiger partial charge in [-0.05, 0) is 37.8 Å². The first-order valence-electron chi connectivity index (χ1n) is 10.3. The smallest absolute Gasteiger partial charge is 0.322 e. The van der Waals surface area contributed by atoms with Crippen molar-refractivity contribution in [3.8, 4) is 11.4 Å². The fourth-order valence-electron chi connectivity index (χ4n) is 3.71. The van der Waals surface area contributed by atoms with Gasteiger partial charge < -0.3 is 14.6 Å². The SMILES string of the molecule is COCCN1C(=O)NC(c2ccc(SC)cc2)C(c2nc(-c3ccc(C)cc3)no2)=C1C. The maximum absolute atomic E-state index is 12.9. The molecule has 0 radical (unpaired) electrons. The van der Waals surface area contributed by atoms with E-state index in [-0.39, 0.29) is 6.03 Å². The van der Waals surface area contributed by atoms with Crippen molar-refractivity contribution in [2.75, 3.05) is 26.5 Å². The summed E-state index contributed by atoms with van der Waals surface area (Å²) in [5.74, 6) is 0.900. The van der Waals surface area contributed by atoms with E-state index in [1.165, 1.54) is 0 Å². The molecule has 0 aliphatic carbocycles. The number of rotatable bonds is 7. The fourth-order valence-corrected chi connectivity index (χ4v) is 4.12. The molecule has 8 heteroatoms. The van der Waals surface area contributed by atoms with Crippen molar-refractivity contribution >= 4 is 23.4 Å². The Morgan fingerprint density at radius 3 is 2.50 bits per heavy atom. The Bertz CT molecular complexity index is 1120. The molecule has 0 saturated heterocycles. The zero-order valence-corrected chi connectivity index (χ0v) is 19.4. The van der Waals surface area contributed by atoms with Crippen molar-refractivity contribution < 1.29 is 14.1 Å². The summed E-state index contributed by atoms with van der Waals surface area (Å²) in [6.07, 6.45) is 2.03. The van der Waals surface area contributed by atoms with Gasteiger partial charge in [0.05, 0.1) is 24.8 Å². The van der Waals surface area contributed by atoms with Crippen molar-refractivity contribution in [2.45, 2.75) is 24.8 Å². The molecule has 1 atom stereocenters. The second-order valence-corrected chi connectivity index (χ2v) is 8.47. The van der Waals surface area contributed by atoms with Crippen molar-refractivity contribution in [3.63, 3.8) is 0 Å². The Morgan fingerprint density at radius 2 is 1.84 bits per heavy atom. The molecule has 4 rings (SSSR count). The van der Waals surface area contributed by atoms with Crippen molar-refractivity contribution in [3.05, 3.63) is 71.2 Å². The average Bonchev–Trinajstić information content (AvgIpc) is 3.29. The van der Waals surface area contributed by atoms with E-state index in [0.717, 1.165) is 32.9 Å². The number of allylic oxidation sites excluding steroid dienone is 1. The van der Waals surface area contributed by atoms with Gasteiger partial charge in [-0.1, -0.05) is 47.1 Å². The highest BCUT2D eigenvalue weighted by Gasteiger charge is 2.35. The number of ether oxygens (including phenoxy) is 1. The molecule has 0 spiro atoms. The van der Waals surface area contributed by atoms with Crippen LogP contribution in [-0.2, 0) is 4.74 Å². The number of carbonyl (C=O) groups is 1. The topological polar surface area (TPSA) is 80.5 Å². The van der Waals surface area contributed by atoms with Gasteiger partial charge in [-0.15, -0.1) is 11.8 Å². The number of nitrogens with one attached hydrogen (secondary N) is 1. The second-order valence-electron chi connectivity index (χ2n) is 7.59. The van der Waals surface area contributed by atoms with Gasteiger partial charge in [0.15, 0.2) is 0 Å². The van der Waals surface area contributed by atoms with Crippen LogP contribution < -0.4 is 5.32 Å². The van der Waals surface area contributed by atoms with Gasteiger partial charge in [0.25, 0.3) is 5.89 Å². The summed E-state index contributed by atoms with van der Waals surface area (Å²) in [7, 11) is 1.61. The normalized spacial score (nSPS) is 16.4. The van der Waals surface area contributed by atoms with Gasteiger partial charge in [0.2, 0.25) is 5.82 Å². The molecule has 32 heavy (non-hydrogen) atoms. The Kier molecular flexibility index (Phi) is 6.62. The molecule has 166 valence electrons. The number of hydrogen-bond donors (Lipinski definition) is 1. The number of hydrogen-bond acceptors (Lipinski definition) is 6. The lowest BCUT2D eigenvalue weighted by atomic mass is 9.94. The van der Waals surface area contributed by atoms with Crippen LogP contribution in [0.4, 0.5) is 4.79 Å². The van der Waals surface area contributed by atoms with Crippen molar-refractivity contribution in [1.29, 1.82) is 0 Å². The maximum atomic E-state index is 12.9. The Morgan fingerprint density at radius 1 is 1.12 bits per heavy atom. The molecule has 0 bridgehead atoms. The highest BCUT2D eigenvalue weighted by Crippen LogP contribution is 2.37. The van der Waals surface area contributed by atoms with Crippen LogP contribution in [0.25, 0.3) is 17.0 Å². The number of urea groups is 1. The van der Waals surface area contributed by atoms with Crippen LogP contribution >= 0.6 is 11.8 Å². The summed E-state index contributed by atoms with van der Waals surface area (Å²) < 4.78 is 10.9.